The fourth-order valence-corrected chi connectivity index (χ4v) is 8.86. The molecule has 0 bridgehead atoms. The predicted molar refractivity (Wildman–Crippen MR) is 208 cm³/mol. The molecule has 3 aliphatic heterocycles. The van der Waals surface area contributed by atoms with Gasteiger partial charge in [0.1, 0.15) is 29.5 Å². The van der Waals surface area contributed by atoms with E-state index in [9.17, 15) is 19.5 Å². The van der Waals surface area contributed by atoms with Crippen molar-refractivity contribution in [2.45, 2.75) is 155 Å². The average Bonchev–Trinajstić information content (AvgIpc) is 3.77. The van der Waals surface area contributed by atoms with Crippen molar-refractivity contribution >= 4 is 17.8 Å². The van der Waals surface area contributed by atoms with Crippen molar-refractivity contribution in [3.8, 4) is 11.4 Å². The highest BCUT2D eigenvalue weighted by atomic mass is 16.7. The van der Waals surface area contributed by atoms with Crippen LogP contribution in [0.5, 0.6) is 0 Å². The number of ketones is 1. The molecule has 0 saturated carbocycles. The molecule has 318 valence electrons. The number of aliphatic hydroxyl groups excluding tert-OH is 1. The van der Waals surface area contributed by atoms with Crippen molar-refractivity contribution in [2.24, 2.45) is 29.4 Å². The minimum atomic E-state index is -1.24. The van der Waals surface area contributed by atoms with Crippen molar-refractivity contribution < 1.29 is 43.2 Å². The molecular formula is C40H64N8O9. The number of hydrogen-bond donors (Lipinski definition) is 3. The molecule has 14 atom stereocenters. The summed E-state index contributed by atoms with van der Waals surface area (Å²) in [5, 5.41) is 31.3. The van der Waals surface area contributed by atoms with Crippen molar-refractivity contribution in [3.63, 3.8) is 0 Å². The third kappa shape index (κ3) is 9.49. The van der Waals surface area contributed by atoms with Gasteiger partial charge in [-0.05, 0) is 90.8 Å². The van der Waals surface area contributed by atoms with E-state index in [1.165, 1.54) is 6.92 Å². The maximum Gasteiger partial charge on any atom is 0.410 e. The number of aliphatic hydroxyl groups is 1. The number of cyclic esters (lactones) is 1. The van der Waals surface area contributed by atoms with Gasteiger partial charge in [-0.1, -0.05) is 32.9 Å². The summed E-state index contributed by atoms with van der Waals surface area (Å²) in [6.45, 7) is 18.1. The van der Waals surface area contributed by atoms with E-state index in [1.54, 1.807) is 35.9 Å². The maximum atomic E-state index is 14.3. The predicted octanol–water partition coefficient (Wildman–Crippen LogP) is 3.14. The zero-order chi connectivity index (χ0) is 41.8. The van der Waals surface area contributed by atoms with Crippen LogP contribution in [0.25, 0.3) is 11.4 Å². The molecule has 3 saturated heterocycles. The van der Waals surface area contributed by atoms with Crippen LogP contribution in [0.15, 0.2) is 24.5 Å². The number of esters is 1. The second-order valence-electron chi connectivity index (χ2n) is 16.8. The van der Waals surface area contributed by atoms with E-state index in [2.05, 4.69) is 32.7 Å². The molecule has 3 fully saturated rings. The van der Waals surface area contributed by atoms with Gasteiger partial charge in [0, 0.05) is 44.4 Å². The summed E-state index contributed by atoms with van der Waals surface area (Å²) in [5.41, 5.74) is 5.33. The number of aromatic nitrogens is 5. The molecular weight excluding hydrogens is 736 g/mol. The monoisotopic (exact) mass is 800 g/mol. The summed E-state index contributed by atoms with van der Waals surface area (Å²) in [6.07, 6.45) is 0.645. The van der Waals surface area contributed by atoms with Gasteiger partial charge in [-0.3, -0.25) is 19.2 Å². The molecule has 17 nitrogen and oxygen atoms in total. The summed E-state index contributed by atoms with van der Waals surface area (Å²) < 4.78 is 33.0. The van der Waals surface area contributed by atoms with Gasteiger partial charge in [0.15, 0.2) is 17.7 Å². The van der Waals surface area contributed by atoms with Crippen LogP contribution in [0.2, 0.25) is 0 Å². The molecule has 57 heavy (non-hydrogen) atoms. The molecule has 4 N–H and O–H groups in total. The summed E-state index contributed by atoms with van der Waals surface area (Å²) in [4.78, 5) is 43.7. The average molecular weight is 801 g/mol. The molecule has 3 aliphatic rings. The van der Waals surface area contributed by atoms with E-state index in [0.717, 1.165) is 0 Å². The number of nitrogens with one attached hydrogen (secondary N) is 1. The minimum absolute atomic E-state index is 0.0289. The SMILES string of the molecule is CCC1OC(=O)C(C)C(=O)C(C)C(OC2OC(C)C(C)C(N)C2O)C(C)(OC)CC(C)CNC(C)C2N(CCCCn3cc(-c4cccnn4)nn3)C(=O)OC12C. The van der Waals surface area contributed by atoms with Crippen LogP contribution in [0.1, 0.15) is 88.0 Å². The highest BCUT2D eigenvalue weighted by Crippen LogP contribution is 2.40. The fraction of sp³-hybridized carbons (Fsp3) is 0.775. The first-order valence-corrected chi connectivity index (χ1v) is 20.4. The molecule has 1 amide bonds. The number of carbonyl (C=O) groups excluding carboxylic acids is 3. The van der Waals surface area contributed by atoms with Crippen LogP contribution in [0.3, 0.4) is 0 Å². The van der Waals surface area contributed by atoms with E-state index < -0.39 is 77.6 Å². The Labute approximate surface area is 336 Å². The van der Waals surface area contributed by atoms with Crippen LogP contribution < -0.4 is 11.1 Å². The van der Waals surface area contributed by atoms with Crippen LogP contribution in [-0.4, -0.2) is 133 Å². The largest absolute Gasteiger partial charge is 0.458 e. The van der Waals surface area contributed by atoms with Crippen molar-refractivity contribution in [3.05, 3.63) is 24.5 Å². The number of fused-ring (bicyclic) bond motifs is 1. The fourth-order valence-electron chi connectivity index (χ4n) is 8.86. The number of amides is 1. The number of unbranched alkanes of at least 4 members (excludes halogenated alkanes) is 1. The topological polar surface area (TPSA) is 215 Å². The first-order valence-electron chi connectivity index (χ1n) is 20.4. The van der Waals surface area contributed by atoms with E-state index in [-0.39, 0.29) is 24.0 Å². The Morgan fingerprint density at radius 3 is 2.44 bits per heavy atom. The van der Waals surface area contributed by atoms with E-state index >= 15 is 0 Å². The lowest BCUT2D eigenvalue weighted by molar-refractivity contribution is -0.297. The number of carbonyl (C=O) groups is 3. The van der Waals surface area contributed by atoms with E-state index in [0.29, 0.717) is 56.7 Å². The number of nitrogens with two attached hydrogens (primary N) is 1. The Morgan fingerprint density at radius 1 is 1.05 bits per heavy atom. The van der Waals surface area contributed by atoms with E-state index in [4.69, 9.17) is 29.4 Å². The molecule has 5 rings (SSSR count). The van der Waals surface area contributed by atoms with Crippen molar-refractivity contribution in [1.82, 2.24) is 35.4 Å². The Hall–Kier alpha value is -3.61. The maximum absolute atomic E-state index is 14.3. The summed E-state index contributed by atoms with van der Waals surface area (Å²) in [7, 11) is 1.56. The number of hydrogen-bond acceptors (Lipinski definition) is 15. The van der Waals surface area contributed by atoms with Crippen LogP contribution in [0, 0.1) is 23.7 Å². The normalized spacial score (nSPS) is 38.5. The number of rotatable bonds is 10. The van der Waals surface area contributed by atoms with Gasteiger partial charge in [-0.25, -0.2) is 4.79 Å². The second kappa shape index (κ2) is 18.5. The molecule has 5 heterocycles. The third-order valence-corrected chi connectivity index (χ3v) is 12.6. The lowest BCUT2D eigenvalue weighted by atomic mass is 9.78. The number of ether oxygens (including phenoxy) is 5. The Morgan fingerprint density at radius 2 is 1.77 bits per heavy atom. The molecule has 0 radical (unpaired) electrons. The molecule has 0 aromatic carbocycles. The lowest BCUT2D eigenvalue weighted by Crippen LogP contribution is -2.61. The number of aryl methyl sites for hydroxylation is 1. The molecule has 0 spiro atoms. The van der Waals surface area contributed by atoms with E-state index in [1.807, 2.05) is 53.8 Å². The minimum Gasteiger partial charge on any atom is -0.458 e. The lowest BCUT2D eigenvalue weighted by Gasteiger charge is -2.46. The van der Waals surface area contributed by atoms with Crippen molar-refractivity contribution in [1.29, 1.82) is 0 Å². The van der Waals surface area contributed by atoms with Crippen LogP contribution in [-0.2, 0) is 39.8 Å². The molecule has 0 aliphatic carbocycles. The smallest absolute Gasteiger partial charge is 0.410 e. The van der Waals surface area contributed by atoms with Gasteiger partial charge < -0.3 is 39.8 Å². The third-order valence-electron chi connectivity index (χ3n) is 12.6. The Kier molecular flexibility index (Phi) is 14.5. The molecule has 17 heteroatoms. The van der Waals surface area contributed by atoms with Gasteiger partial charge in [-0.2, -0.15) is 5.10 Å². The first kappa shape index (κ1) is 44.5. The molecule has 2 aromatic rings. The second-order valence-corrected chi connectivity index (χ2v) is 16.8. The summed E-state index contributed by atoms with van der Waals surface area (Å²) in [5.74, 6) is -3.39. The standard InChI is InChI=1S/C40H64N8O9/c1-11-30-40(9)34(48(38(52)57-40)18-13-12-17-47-21-29(45-46-47)28-15-14-16-43-44-28)26(6)42-20-22(2)19-39(8,53-10)35(24(4)32(49)25(5)36(51)55-30)56-37-33(50)31(41)23(3)27(7)54-37/h14-16,21-27,30-31,33-35,37,42,50H,11-13,17-20,41H2,1-10H3. The zero-order valence-corrected chi connectivity index (χ0v) is 35.2. The quantitative estimate of drug-likeness (QED) is 0.179. The van der Waals surface area contributed by atoms with Gasteiger partial charge in [0.2, 0.25) is 0 Å². The van der Waals surface area contributed by atoms with Gasteiger partial charge in [-0.15, -0.1) is 10.2 Å². The summed E-state index contributed by atoms with van der Waals surface area (Å²) >= 11 is 0. The molecule has 2 aromatic heterocycles. The Bertz CT molecular complexity index is 1670. The van der Waals surface area contributed by atoms with Crippen molar-refractivity contribution in [2.75, 3.05) is 20.2 Å². The highest BCUT2D eigenvalue weighted by Gasteiger charge is 2.58. The molecule has 14 unspecified atom stereocenters. The highest BCUT2D eigenvalue weighted by molar-refractivity contribution is 6.00. The number of nitrogens with zero attached hydrogens (tertiary/aromatic N) is 6. The van der Waals surface area contributed by atoms with Gasteiger partial charge >= 0.3 is 12.1 Å². The van der Waals surface area contributed by atoms with Crippen LogP contribution in [0.4, 0.5) is 4.79 Å². The van der Waals surface area contributed by atoms with Crippen LogP contribution >= 0.6 is 0 Å². The van der Waals surface area contributed by atoms with Gasteiger partial charge in [0.25, 0.3) is 0 Å². The summed E-state index contributed by atoms with van der Waals surface area (Å²) in [6, 6.07) is 2.17. The number of methoxy groups -OCH3 is 1. The van der Waals surface area contributed by atoms with Gasteiger partial charge in [0.05, 0.1) is 30.0 Å². The Balaban J connectivity index is 1.38. The number of Topliss-reactive ketones (excluding diaryl/α,β-unsaturated/α-hetero) is 1. The first-order chi connectivity index (χ1) is 26.9. The zero-order valence-electron chi connectivity index (χ0n) is 35.2.